The molecular weight excluding hydrogens is 372 g/mol. The lowest BCUT2D eigenvalue weighted by Gasteiger charge is -2.08. The monoisotopic (exact) mass is 394 g/mol. The molecule has 0 bridgehead atoms. The Morgan fingerprint density at radius 1 is 1.03 bits per heavy atom. The van der Waals surface area contributed by atoms with Gasteiger partial charge in [-0.15, -0.1) is 0 Å². The first-order valence-electron chi connectivity index (χ1n) is 10.0. The molecule has 30 heavy (non-hydrogen) atoms. The lowest BCUT2D eigenvalue weighted by molar-refractivity contribution is -0.116. The van der Waals surface area contributed by atoms with Gasteiger partial charge in [0, 0.05) is 59.6 Å². The summed E-state index contributed by atoms with van der Waals surface area (Å²) < 4.78 is 2.07. The van der Waals surface area contributed by atoms with Crippen LogP contribution in [0.1, 0.15) is 12.0 Å². The summed E-state index contributed by atoms with van der Waals surface area (Å²) in [6, 6.07) is 20.5. The van der Waals surface area contributed by atoms with Crippen molar-refractivity contribution in [3.8, 4) is 11.1 Å². The summed E-state index contributed by atoms with van der Waals surface area (Å²) in [5.41, 5.74) is 6.19. The molecule has 5 aromatic rings. The van der Waals surface area contributed by atoms with Gasteiger partial charge >= 0.3 is 0 Å². The minimum atomic E-state index is 0.0195. The first-order valence-corrected chi connectivity index (χ1v) is 10.0. The molecule has 0 aliphatic rings. The van der Waals surface area contributed by atoms with Gasteiger partial charge in [-0.05, 0) is 53.9 Å². The van der Waals surface area contributed by atoms with Gasteiger partial charge in [-0.3, -0.25) is 4.79 Å². The number of carbonyl (C=O) groups is 1. The van der Waals surface area contributed by atoms with E-state index in [1.54, 1.807) is 0 Å². The van der Waals surface area contributed by atoms with Gasteiger partial charge < -0.3 is 14.9 Å². The third kappa shape index (κ3) is 3.57. The molecule has 3 heterocycles. The Kier molecular flexibility index (Phi) is 4.56. The molecule has 0 unspecified atom stereocenters. The van der Waals surface area contributed by atoms with Crippen LogP contribution >= 0.6 is 0 Å². The number of hydrogen-bond donors (Lipinski definition) is 2. The molecule has 0 spiro atoms. The van der Waals surface area contributed by atoms with Crippen molar-refractivity contribution in [2.45, 2.75) is 12.8 Å². The fourth-order valence-electron chi connectivity index (χ4n) is 3.84. The molecule has 0 aliphatic heterocycles. The topological polar surface area (TPSA) is 62.7 Å². The predicted molar refractivity (Wildman–Crippen MR) is 121 cm³/mol. The number of nitrogens with zero attached hydrogens (tertiary/aromatic N) is 2. The van der Waals surface area contributed by atoms with Crippen molar-refractivity contribution in [3.05, 3.63) is 84.8 Å². The Bertz CT molecular complexity index is 1360. The van der Waals surface area contributed by atoms with Crippen LogP contribution in [-0.2, 0) is 18.3 Å². The Morgan fingerprint density at radius 3 is 2.90 bits per heavy atom. The zero-order valence-electron chi connectivity index (χ0n) is 16.7. The molecule has 0 atom stereocenters. The van der Waals surface area contributed by atoms with Crippen LogP contribution in [0.2, 0.25) is 0 Å². The number of rotatable bonds is 5. The van der Waals surface area contributed by atoms with Gasteiger partial charge in [0.2, 0.25) is 5.91 Å². The van der Waals surface area contributed by atoms with Crippen LogP contribution in [-0.4, -0.2) is 20.4 Å². The molecule has 0 fully saturated rings. The Hall–Kier alpha value is -3.86. The number of pyridine rings is 1. The number of hydrogen-bond acceptors (Lipinski definition) is 2. The average Bonchev–Trinajstić information content (AvgIpc) is 3.38. The highest BCUT2D eigenvalue weighted by Crippen LogP contribution is 2.24. The summed E-state index contributed by atoms with van der Waals surface area (Å²) in [7, 11) is 2.02. The van der Waals surface area contributed by atoms with Gasteiger partial charge in [-0.1, -0.05) is 24.3 Å². The van der Waals surface area contributed by atoms with Crippen LogP contribution in [0.15, 0.2) is 79.3 Å². The number of carbonyl (C=O) groups excluding carboxylic acids is 1. The molecule has 2 N–H and O–H groups in total. The van der Waals surface area contributed by atoms with E-state index in [2.05, 4.69) is 50.2 Å². The molecular formula is C25H22N4O. The van der Waals surface area contributed by atoms with E-state index in [1.807, 2.05) is 56.0 Å². The minimum absolute atomic E-state index is 0.0195. The number of amides is 1. The summed E-state index contributed by atoms with van der Waals surface area (Å²) in [4.78, 5) is 20.1. The lowest BCUT2D eigenvalue weighted by Crippen LogP contribution is -2.12. The van der Waals surface area contributed by atoms with E-state index in [0.29, 0.717) is 12.8 Å². The first-order chi connectivity index (χ1) is 14.7. The molecule has 5 heteroatoms. The predicted octanol–water partition coefficient (Wildman–Crippen LogP) is 5.29. The second kappa shape index (κ2) is 7.52. The average molecular weight is 394 g/mol. The Balaban J connectivity index is 1.26. The second-order valence-electron chi connectivity index (χ2n) is 7.59. The number of anilines is 1. The SMILES string of the molecule is Cn1ccc2cc(NC(=O)CCc3cccc(-c4cnc5[nH]ccc5c4)c3)ccc21. The van der Waals surface area contributed by atoms with Crippen molar-refractivity contribution < 1.29 is 4.79 Å². The number of aryl methyl sites for hydroxylation is 2. The van der Waals surface area contributed by atoms with Crippen LogP contribution in [0.3, 0.4) is 0 Å². The van der Waals surface area contributed by atoms with Gasteiger partial charge in [-0.25, -0.2) is 4.98 Å². The molecule has 1 amide bonds. The standard InChI is InChI=1S/C25H22N4O/c1-29-12-10-19-15-22(6-7-23(19)29)28-24(30)8-5-17-3-2-4-18(13-17)21-14-20-9-11-26-25(20)27-16-21/h2-4,6-7,9-16H,5,8H2,1H3,(H,26,27)(H,28,30). The molecule has 2 aromatic carbocycles. The fourth-order valence-corrected chi connectivity index (χ4v) is 3.84. The summed E-state index contributed by atoms with van der Waals surface area (Å²) in [5, 5.41) is 5.23. The second-order valence-corrected chi connectivity index (χ2v) is 7.59. The van der Waals surface area contributed by atoms with E-state index in [9.17, 15) is 4.79 Å². The van der Waals surface area contributed by atoms with Gasteiger partial charge in [-0.2, -0.15) is 0 Å². The van der Waals surface area contributed by atoms with E-state index in [-0.39, 0.29) is 5.91 Å². The van der Waals surface area contributed by atoms with Crippen molar-refractivity contribution in [2.24, 2.45) is 7.05 Å². The maximum Gasteiger partial charge on any atom is 0.224 e. The fraction of sp³-hybridized carbons (Fsp3) is 0.120. The van der Waals surface area contributed by atoms with Crippen LogP contribution in [0.4, 0.5) is 5.69 Å². The molecule has 148 valence electrons. The van der Waals surface area contributed by atoms with Crippen LogP contribution in [0.5, 0.6) is 0 Å². The zero-order chi connectivity index (χ0) is 20.5. The van der Waals surface area contributed by atoms with Crippen molar-refractivity contribution in [2.75, 3.05) is 5.32 Å². The maximum atomic E-state index is 12.5. The third-order valence-corrected chi connectivity index (χ3v) is 5.47. The van der Waals surface area contributed by atoms with Crippen molar-refractivity contribution in [3.63, 3.8) is 0 Å². The van der Waals surface area contributed by atoms with Crippen molar-refractivity contribution >= 4 is 33.5 Å². The van der Waals surface area contributed by atoms with Crippen molar-refractivity contribution in [1.29, 1.82) is 0 Å². The molecule has 5 nitrogen and oxygen atoms in total. The van der Waals surface area contributed by atoms with Gasteiger partial charge in [0.1, 0.15) is 5.65 Å². The largest absolute Gasteiger partial charge is 0.351 e. The van der Waals surface area contributed by atoms with E-state index < -0.39 is 0 Å². The summed E-state index contributed by atoms with van der Waals surface area (Å²) in [5.74, 6) is 0.0195. The van der Waals surface area contributed by atoms with Crippen LogP contribution < -0.4 is 5.32 Å². The normalized spacial score (nSPS) is 11.2. The van der Waals surface area contributed by atoms with Gasteiger partial charge in [0.25, 0.3) is 0 Å². The highest BCUT2D eigenvalue weighted by Gasteiger charge is 2.07. The minimum Gasteiger partial charge on any atom is -0.351 e. The number of fused-ring (bicyclic) bond motifs is 2. The molecule has 0 saturated carbocycles. The number of aromatic amines is 1. The Labute approximate surface area is 174 Å². The smallest absolute Gasteiger partial charge is 0.224 e. The first kappa shape index (κ1) is 18.2. The molecule has 0 radical (unpaired) electrons. The number of aromatic nitrogens is 3. The molecule has 0 saturated heterocycles. The highest BCUT2D eigenvalue weighted by molar-refractivity contribution is 5.94. The van der Waals surface area contributed by atoms with E-state index in [1.165, 1.54) is 0 Å². The van der Waals surface area contributed by atoms with E-state index in [4.69, 9.17) is 0 Å². The summed E-state index contributed by atoms with van der Waals surface area (Å²) >= 11 is 0. The maximum absolute atomic E-state index is 12.5. The third-order valence-electron chi connectivity index (χ3n) is 5.47. The van der Waals surface area contributed by atoms with E-state index >= 15 is 0 Å². The van der Waals surface area contributed by atoms with Crippen molar-refractivity contribution in [1.82, 2.24) is 14.5 Å². The molecule has 0 aliphatic carbocycles. The van der Waals surface area contributed by atoms with Crippen LogP contribution in [0, 0.1) is 0 Å². The quantitative estimate of drug-likeness (QED) is 0.425. The van der Waals surface area contributed by atoms with E-state index in [0.717, 1.165) is 44.3 Å². The summed E-state index contributed by atoms with van der Waals surface area (Å²) in [6.45, 7) is 0. The highest BCUT2D eigenvalue weighted by atomic mass is 16.1. The molecule has 5 rings (SSSR count). The number of nitrogens with one attached hydrogen (secondary N) is 2. The summed E-state index contributed by atoms with van der Waals surface area (Å²) in [6.07, 6.45) is 6.92. The number of benzene rings is 2. The lowest BCUT2D eigenvalue weighted by atomic mass is 10.0. The van der Waals surface area contributed by atoms with Gasteiger partial charge in [0.05, 0.1) is 0 Å². The van der Waals surface area contributed by atoms with Gasteiger partial charge in [0.15, 0.2) is 0 Å². The zero-order valence-corrected chi connectivity index (χ0v) is 16.7. The van der Waals surface area contributed by atoms with Crippen LogP contribution in [0.25, 0.3) is 33.1 Å². The number of H-pyrrole nitrogens is 1. The Morgan fingerprint density at radius 2 is 1.97 bits per heavy atom. The molecule has 3 aromatic heterocycles.